The Morgan fingerprint density at radius 3 is 2.35 bits per heavy atom. The van der Waals surface area contributed by atoms with Gasteiger partial charge in [0, 0.05) is 31.6 Å². The fraction of sp³-hybridized carbons (Fsp3) is 0.923. The Balaban J connectivity index is 2.17. The zero-order valence-corrected chi connectivity index (χ0v) is 11.7. The minimum Gasteiger partial charge on any atom is -0.359 e. The van der Waals surface area contributed by atoms with Crippen molar-refractivity contribution >= 4 is 5.91 Å². The molecule has 0 aromatic heterocycles. The number of carbonyl (C=O) groups excluding carboxylic acids is 1. The number of amides is 1. The second-order valence-corrected chi connectivity index (χ2v) is 5.91. The molecular weight excluding hydrogens is 214 g/mol. The van der Waals surface area contributed by atoms with E-state index >= 15 is 0 Å². The van der Waals surface area contributed by atoms with E-state index in [1.54, 1.807) is 7.05 Å². The Morgan fingerprint density at radius 1 is 1.29 bits per heavy atom. The highest BCUT2D eigenvalue weighted by atomic mass is 16.1. The summed E-state index contributed by atoms with van der Waals surface area (Å²) in [6, 6.07) is 0. The number of hydrogen-bond acceptors (Lipinski definition) is 3. The number of nitrogens with one attached hydrogen (secondary N) is 2. The molecule has 2 N–H and O–H groups in total. The molecule has 1 fully saturated rings. The summed E-state index contributed by atoms with van der Waals surface area (Å²) in [5.74, 6) is 0.435. The zero-order valence-electron chi connectivity index (χ0n) is 11.7. The maximum absolute atomic E-state index is 11.5. The van der Waals surface area contributed by atoms with E-state index in [0.717, 1.165) is 39.0 Å². The third-order valence-electron chi connectivity index (χ3n) is 3.29. The molecule has 1 heterocycles. The van der Waals surface area contributed by atoms with Gasteiger partial charge in [-0.25, -0.2) is 0 Å². The predicted octanol–water partition coefficient (Wildman–Crippen LogP) is 0.833. The lowest BCUT2D eigenvalue weighted by Crippen LogP contribution is -2.45. The molecule has 17 heavy (non-hydrogen) atoms. The van der Waals surface area contributed by atoms with E-state index in [1.165, 1.54) is 0 Å². The summed E-state index contributed by atoms with van der Waals surface area (Å²) in [5, 5.41) is 6.24. The third kappa shape index (κ3) is 5.50. The van der Waals surface area contributed by atoms with Gasteiger partial charge < -0.3 is 15.5 Å². The number of rotatable bonds is 4. The van der Waals surface area contributed by atoms with Gasteiger partial charge in [-0.1, -0.05) is 0 Å². The highest BCUT2D eigenvalue weighted by Gasteiger charge is 2.23. The molecule has 0 bridgehead atoms. The van der Waals surface area contributed by atoms with Crippen LogP contribution in [0.25, 0.3) is 0 Å². The summed E-state index contributed by atoms with van der Waals surface area (Å²) in [6.07, 6.45) is 1.99. The Kier molecular flexibility index (Phi) is 5.40. The number of hydrogen-bond donors (Lipinski definition) is 2. The van der Waals surface area contributed by atoms with Crippen molar-refractivity contribution < 1.29 is 4.79 Å². The van der Waals surface area contributed by atoms with Crippen molar-refractivity contribution in [2.24, 2.45) is 5.92 Å². The van der Waals surface area contributed by atoms with Crippen molar-refractivity contribution in [3.05, 3.63) is 0 Å². The van der Waals surface area contributed by atoms with Crippen molar-refractivity contribution in [1.29, 1.82) is 0 Å². The standard InChI is InChI=1S/C13H27N3O/c1-13(2,3)15-7-10-16-8-5-11(6-9-16)12(17)14-4/h11,15H,5-10H2,1-4H3,(H,14,17). The molecule has 0 radical (unpaired) electrons. The van der Waals surface area contributed by atoms with E-state index in [-0.39, 0.29) is 17.4 Å². The molecule has 4 nitrogen and oxygen atoms in total. The van der Waals surface area contributed by atoms with Crippen LogP contribution in [-0.2, 0) is 4.79 Å². The van der Waals surface area contributed by atoms with Gasteiger partial charge in [-0.3, -0.25) is 4.79 Å². The molecule has 0 atom stereocenters. The van der Waals surface area contributed by atoms with Gasteiger partial charge in [0.15, 0.2) is 0 Å². The molecule has 0 spiro atoms. The molecule has 1 saturated heterocycles. The summed E-state index contributed by atoms with van der Waals surface area (Å²) < 4.78 is 0. The maximum Gasteiger partial charge on any atom is 0.222 e. The van der Waals surface area contributed by atoms with Crippen molar-refractivity contribution in [2.45, 2.75) is 39.2 Å². The van der Waals surface area contributed by atoms with Crippen LogP contribution < -0.4 is 10.6 Å². The zero-order chi connectivity index (χ0) is 12.9. The van der Waals surface area contributed by atoms with E-state index in [2.05, 4.69) is 36.3 Å². The second-order valence-electron chi connectivity index (χ2n) is 5.91. The topological polar surface area (TPSA) is 44.4 Å². The fourth-order valence-electron chi connectivity index (χ4n) is 2.21. The molecule has 100 valence electrons. The molecular formula is C13H27N3O. The van der Waals surface area contributed by atoms with Crippen molar-refractivity contribution in [1.82, 2.24) is 15.5 Å². The van der Waals surface area contributed by atoms with E-state index in [9.17, 15) is 4.79 Å². The molecule has 0 aliphatic carbocycles. The Hall–Kier alpha value is -0.610. The van der Waals surface area contributed by atoms with E-state index < -0.39 is 0 Å². The number of likely N-dealkylation sites (tertiary alicyclic amines) is 1. The first kappa shape index (κ1) is 14.5. The molecule has 1 aliphatic rings. The van der Waals surface area contributed by atoms with Gasteiger partial charge in [-0.05, 0) is 46.7 Å². The minimum absolute atomic E-state index is 0.195. The fourth-order valence-corrected chi connectivity index (χ4v) is 2.21. The summed E-state index contributed by atoms with van der Waals surface area (Å²) in [5.41, 5.74) is 0.195. The first-order valence-corrected chi connectivity index (χ1v) is 6.61. The average Bonchev–Trinajstić information content (AvgIpc) is 2.27. The molecule has 4 heteroatoms. The second kappa shape index (κ2) is 6.36. The molecule has 0 saturated carbocycles. The Bertz CT molecular complexity index is 240. The van der Waals surface area contributed by atoms with Crippen LogP contribution in [0.3, 0.4) is 0 Å². The largest absolute Gasteiger partial charge is 0.359 e. The SMILES string of the molecule is CNC(=O)C1CCN(CCNC(C)(C)C)CC1. The van der Waals surface area contributed by atoms with Crippen LogP contribution in [0.2, 0.25) is 0 Å². The van der Waals surface area contributed by atoms with Crippen LogP contribution in [0, 0.1) is 5.92 Å². The molecule has 1 aliphatic heterocycles. The maximum atomic E-state index is 11.5. The van der Waals surface area contributed by atoms with Crippen LogP contribution >= 0.6 is 0 Å². The minimum atomic E-state index is 0.195. The predicted molar refractivity (Wildman–Crippen MR) is 71.0 cm³/mol. The quantitative estimate of drug-likeness (QED) is 0.766. The Morgan fingerprint density at radius 2 is 1.88 bits per heavy atom. The normalized spacial score (nSPS) is 19.3. The van der Waals surface area contributed by atoms with Crippen LogP contribution in [0.1, 0.15) is 33.6 Å². The van der Waals surface area contributed by atoms with Crippen LogP contribution in [0.5, 0.6) is 0 Å². The molecule has 0 aromatic rings. The van der Waals surface area contributed by atoms with E-state index in [4.69, 9.17) is 0 Å². The number of piperidine rings is 1. The molecule has 1 amide bonds. The number of carbonyl (C=O) groups is 1. The van der Waals surface area contributed by atoms with Gasteiger partial charge in [-0.15, -0.1) is 0 Å². The summed E-state index contributed by atoms with van der Waals surface area (Å²) >= 11 is 0. The van der Waals surface area contributed by atoms with Crippen molar-refractivity contribution in [3.8, 4) is 0 Å². The Labute approximate surface area is 105 Å². The monoisotopic (exact) mass is 241 g/mol. The highest BCUT2D eigenvalue weighted by Crippen LogP contribution is 2.16. The summed E-state index contributed by atoms with van der Waals surface area (Å²) in [4.78, 5) is 13.9. The molecule has 0 unspecified atom stereocenters. The smallest absolute Gasteiger partial charge is 0.222 e. The first-order chi connectivity index (χ1) is 7.92. The molecule has 0 aromatic carbocycles. The first-order valence-electron chi connectivity index (χ1n) is 6.61. The van der Waals surface area contributed by atoms with E-state index in [0.29, 0.717) is 0 Å². The lowest BCUT2D eigenvalue weighted by atomic mass is 9.96. The summed E-state index contributed by atoms with van der Waals surface area (Å²) in [6.45, 7) is 10.8. The van der Waals surface area contributed by atoms with Gasteiger partial charge in [0.2, 0.25) is 5.91 Å². The van der Waals surface area contributed by atoms with Crippen LogP contribution in [0.15, 0.2) is 0 Å². The van der Waals surface area contributed by atoms with Crippen molar-refractivity contribution in [2.75, 3.05) is 33.2 Å². The lowest BCUT2D eigenvalue weighted by Gasteiger charge is -2.32. The third-order valence-corrected chi connectivity index (χ3v) is 3.29. The number of nitrogens with zero attached hydrogens (tertiary/aromatic N) is 1. The van der Waals surface area contributed by atoms with Gasteiger partial charge in [0.25, 0.3) is 0 Å². The van der Waals surface area contributed by atoms with Gasteiger partial charge in [-0.2, -0.15) is 0 Å². The van der Waals surface area contributed by atoms with Crippen molar-refractivity contribution in [3.63, 3.8) is 0 Å². The van der Waals surface area contributed by atoms with Crippen LogP contribution in [-0.4, -0.2) is 49.6 Å². The highest BCUT2D eigenvalue weighted by molar-refractivity contribution is 5.78. The van der Waals surface area contributed by atoms with Gasteiger partial charge >= 0.3 is 0 Å². The van der Waals surface area contributed by atoms with E-state index in [1.807, 2.05) is 0 Å². The van der Waals surface area contributed by atoms with Crippen LogP contribution in [0.4, 0.5) is 0 Å². The average molecular weight is 241 g/mol. The molecule has 1 rings (SSSR count). The van der Waals surface area contributed by atoms with Gasteiger partial charge in [0.1, 0.15) is 0 Å². The van der Waals surface area contributed by atoms with Gasteiger partial charge in [0.05, 0.1) is 0 Å². The lowest BCUT2D eigenvalue weighted by molar-refractivity contribution is -0.125. The summed E-state index contributed by atoms with van der Waals surface area (Å²) in [7, 11) is 1.72.